The van der Waals surface area contributed by atoms with Gasteiger partial charge in [-0.05, 0) is 54.6 Å². The molecule has 0 aliphatic rings. The lowest BCUT2D eigenvalue weighted by atomic mass is 10.0. The first-order valence-electron chi connectivity index (χ1n) is 19.0. The fourth-order valence-corrected chi connectivity index (χ4v) is 10.2. The van der Waals surface area contributed by atoms with E-state index in [-0.39, 0.29) is 0 Å². The average Bonchev–Trinajstić information content (AvgIpc) is 3.94. The molecule has 5 nitrogen and oxygen atoms in total. The van der Waals surface area contributed by atoms with Crippen LogP contribution in [-0.4, -0.2) is 19.1 Å². The van der Waals surface area contributed by atoms with Crippen molar-refractivity contribution in [1.29, 1.82) is 5.26 Å². The van der Waals surface area contributed by atoms with E-state index in [2.05, 4.69) is 149 Å². The summed E-state index contributed by atoms with van der Waals surface area (Å²) in [6.45, 7) is 0. The summed E-state index contributed by atoms with van der Waals surface area (Å²) < 4.78 is 7.26. The van der Waals surface area contributed by atoms with E-state index in [4.69, 9.17) is 9.97 Å². The first kappa shape index (κ1) is 31.7. The minimum absolute atomic E-state index is 0.545. The van der Waals surface area contributed by atoms with Crippen LogP contribution in [0.4, 0.5) is 0 Å². The number of rotatable bonds is 4. The number of fused-ring (bicyclic) bond motifs is 13. The lowest BCUT2D eigenvalue weighted by Crippen LogP contribution is -2.00. The third-order valence-corrected chi connectivity index (χ3v) is 12.5. The molecule has 0 radical (unpaired) electrons. The molecule has 4 aromatic heterocycles. The van der Waals surface area contributed by atoms with Gasteiger partial charge in [0.15, 0.2) is 5.82 Å². The quantitative estimate of drug-likeness (QED) is 0.180. The maximum atomic E-state index is 11.0. The molecular weight excluding hydrogens is 715 g/mol. The standard InChI is InChI=1S/C51H29N5S/c52-30-33-29-32(51-53-39-23-11-7-19-35(39)47(54-51)31-15-3-1-4-16-31)27-28-40(33)56-42-25-13-8-20-36(42)44-45-38-22-10-14-26-43(38)57-50(45)49-46(48(44)56)37-21-9-12-24-41(37)55(49)34-17-5-2-6-18-34/h1-29H. The Bertz CT molecular complexity index is 3640. The van der Waals surface area contributed by atoms with E-state index in [9.17, 15) is 5.26 Å². The van der Waals surface area contributed by atoms with Crippen LogP contribution in [0.25, 0.3) is 109 Å². The maximum Gasteiger partial charge on any atom is 0.160 e. The molecule has 0 bridgehead atoms. The largest absolute Gasteiger partial charge is 0.308 e. The average molecular weight is 744 g/mol. The van der Waals surface area contributed by atoms with Gasteiger partial charge in [-0.15, -0.1) is 11.3 Å². The number of thiophene rings is 1. The van der Waals surface area contributed by atoms with Gasteiger partial charge in [0, 0.05) is 59.2 Å². The van der Waals surface area contributed by atoms with Gasteiger partial charge >= 0.3 is 0 Å². The summed E-state index contributed by atoms with van der Waals surface area (Å²) in [5.74, 6) is 0.581. The summed E-state index contributed by atoms with van der Waals surface area (Å²) in [5, 5.41) is 19.2. The molecule has 0 aliphatic carbocycles. The molecule has 0 aliphatic heterocycles. The Balaban J connectivity index is 1.22. The lowest BCUT2D eigenvalue weighted by molar-refractivity contribution is 1.16. The first-order chi connectivity index (χ1) is 28.3. The summed E-state index contributed by atoms with van der Waals surface area (Å²) in [4.78, 5) is 10.2. The van der Waals surface area contributed by atoms with E-state index < -0.39 is 0 Å². The van der Waals surface area contributed by atoms with E-state index in [1.165, 1.54) is 31.1 Å². The van der Waals surface area contributed by atoms with Gasteiger partial charge in [0.05, 0.1) is 49.2 Å². The SMILES string of the molecule is N#Cc1cc(-c2nc(-c3ccccc3)c3ccccc3n2)ccc1-n1c2ccccc2c2c3c4ccccc4sc3c3c(c4ccccc4n3-c3ccccc3)c21. The number of nitriles is 1. The molecule has 0 amide bonds. The molecule has 0 atom stereocenters. The molecule has 0 spiro atoms. The fraction of sp³-hybridized carbons (Fsp3) is 0. The van der Waals surface area contributed by atoms with Crippen molar-refractivity contribution in [2.75, 3.05) is 0 Å². The smallest absolute Gasteiger partial charge is 0.160 e. The van der Waals surface area contributed by atoms with Gasteiger partial charge < -0.3 is 9.13 Å². The molecule has 57 heavy (non-hydrogen) atoms. The van der Waals surface area contributed by atoms with E-state index in [1.807, 2.05) is 53.8 Å². The molecule has 0 saturated carbocycles. The molecule has 0 N–H and O–H groups in total. The van der Waals surface area contributed by atoms with E-state index in [1.54, 1.807) is 0 Å². The van der Waals surface area contributed by atoms with Gasteiger partial charge in [-0.3, -0.25) is 0 Å². The predicted octanol–water partition coefficient (Wildman–Crippen LogP) is 13.4. The summed E-state index contributed by atoms with van der Waals surface area (Å²) in [6, 6.07) is 63.8. The second kappa shape index (κ2) is 12.2. The van der Waals surface area contributed by atoms with Crippen LogP contribution in [0.5, 0.6) is 0 Å². The second-order valence-electron chi connectivity index (χ2n) is 14.4. The van der Waals surface area contributed by atoms with E-state index in [0.717, 1.165) is 71.8 Å². The van der Waals surface area contributed by atoms with Crippen LogP contribution in [0.1, 0.15) is 5.56 Å². The second-order valence-corrected chi connectivity index (χ2v) is 15.5. The van der Waals surface area contributed by atoms with E-state index in [0.29, 0.717) is 11.4 Å². The van der Waals surface area contributed by atoms with Crippen LogP contribution in [0, 0.1) is 11.3 Å². The molecule has 6 heteroatoms. The number of hydrogen-bond donors (Lipinski definition) is 0. The highest BCUT2D eigenvalue weighted by molar-refractivity contribution is 7.27. The summed E-state index contributed by atoms with van der Waals surface area (Å²) in [6.07, 6.45) is 0. The van der Waals surface area contributed by atoms with Gasteiger partial charge in [-0.1, -0.05) is 121 Å². The normalized spacial score (nSPS) is 11.8. The Morgan fingerprint density at radius 2 is 1.12 bits per heavy atom. The van der Waals surface area contributed by atoms with Crippen molar-refractivity contribution in [3.05, 3.63) is 181 Å². The highest BCUT2D eigenvalue weighted by Gasteiger charge is 2.27. The number of nitrogens with zero attached hydrogens (tertiary/aromatic N) is 5. The van der Waals surface area contributed by atoms with Crippen LogP contribution >= 0.6 is 11.3 Å². The Morgan fingerprint density at radius 3 is 1.89 bits per heavy atom. The van der Waals surface area contributed by atoms with Crippen molar-refractivity contribution in [1.82, 2.24) is 19.1 Å². The molecule has 12 rings (SSSR count). The molecule has 264 valence electrons. The van der Waals surface area contributed by atoms with Crippen LogP contribution in [-0.2, 0) is 0 Å². The Kier molecular flexibility index (Phi) is 6.80. The summed E-state index contributed by atoms with van der Waals surface area (Å²) in [7, 11) is 0. The summed E-state index contributed by atoms with van der Waals surface area (Å²) in [5.41, 5.74) is 10.4. The first-order valence-corrected chi connectivity index (χ1v) is 19.8. The zero-order valence-corrected chi connectivity index (χ0v) is 31.2. The molecule has 4 heterocycles. The Morgan fingerprint density at radius 1 is 0.491 bits per heavy atom. The maximum absolute atomic E-state index is 11.0. The van der Waals surface area contributed by atoms with E-state index >= 15 is 0 Å². The minimum atomic E-state index is 0.545. The number of aromatic nitrogens is 4. The predicted molar refractivity (Wildman–Crippen MR) is 237 cm³/mol. The molecular formula is C51H29N5S. The van der Waals surface area contributed by atoms with Gasteiger partial charge in [0.2, 0.25) is 0 Å². The van der Waals surface area contributed by atoms with Crippen LogP contribution in [0.2, 0.25) is 0 Å². The van der Waals surface area contributed by atoms with Crippen molar-refractivity contribution >= 4 is 86.0 Å². The third-order valence-electron chi connectivity index (χ3n) is 11.3. The van der Waals surface area contributed by atoms with Crippen molar-refractivity contribution in [2.24, 2.45) is 0 Å². The molecule has 8 aromatic carbocycles. The Hall–Kier alpha value is -7.59. The van der Waals surface area contributed by atoms with Crippen LogP contribution < -0.4 is 0 Å². The highest BCUT2D eigenvalue weighted by atomic mass is 32.1. The van der Waals surface area contributed by atoms with Gasteiger partial charge in [-0.2, -0.15) is 5.26 Å². The van der Waals surface area contributed by atoms with Crippen molar-refractivity contribution in [3.63, 3.8) is 0 Å². The van der Waals surface area contributed by atoms with Crippen molar-refractivity contribution < 1.29 is 0 Å². The van der Waals surface area contributed by atoms with Gasteiger partial charge in [-0.25, -0.2) is 9.97 Å². The van der Waals surface area contributed by atoms with Crippen LogP contribution in [0.15, 0.2) is 176 Å². The Labute approximate surface area is 330 Å². The molecule has 0 unspecified atom stereocenters. The zero-order chi connectivity index (χ0) is 37.6. The molecule has 12 aromatic rings. The minimum Gasteiger partial charge on any atom is -0.308 e. The number of para-hydroxylation sites is 4. The summed E-state index contributed by atoms with van der Waals surface area (Å²) >= 11 is 1.85. The lowest BCUT2D eigenvalue weighted by Gasteiger charge is -2.14. The van der Waals surface area contributed by atoms with Gasteiger partial charge in [0.25, 0.3) is 0 Å². The topological polar surface area (TPSA) is 59.4 Å². The van der Waals surface area contributed by atoms with Crippen LogP contribution in [0.3, 0.4) is 0 Å². The van der Waals surface area contributed by atoms with Crippen molar-refractivity contribution in [3.8, 4) is 40.1 Å². The molecule has 0 fully saturated rings. The fourth-order valence-electron chi connectivity index (χ4n) is 8.96. The van der Waals surface area contributed by atoms with Crippen molar-refractivity contribution in [2.45, 2.75) is 0 Å². The molecule has 0 saturated heterocycles. The monoisotopic (exact) mass is 743 g/mol. The number of hydrogen-bond acceptors (Lipinski definition) is 4. The zero-order valence-electron chi connectivity index (χ0n) is 30.4. The highest BCUT2D eigenvalue weighted by Crippen LogP contribution is 2.51. The third kappa shape index (κ3) is 4.55. The number of benzene rings is 8. The van der Waals surface area contributed by atoms with Gasteiger partial charge in [0.1, 0.15) is 6.07 Å².